The molecule has 0 bridgehead atoms. The first kappa shape index (κ1) is 12.6. The Kier molecular flexibility index (Phi) is 3.89. The average molecular weight is 270 g/mol. The number of hydrogen-bond acceptors (Lipinski definition) is 2. The van der Waals surface area contributed by atoms with Gasteiger partial charge in [0, 0.05) is 11.8 Å². The second kappa shape index (κ2) is 5.23. The van der Waals surface area contributed by atoms with Gasteiger partial charge in [0.1, 0.15) is 5.82 Å². The van der Waals surface area contributed by atoms with Gasteiger partial charge in [-0.05, 0) is 43.1 Å². The first-order valence-corrected chi connectivity index (χ1v) is 7.36. The van der Waals surface area contributed by atoms with E-state index < -0.39 is 0 Å². The molecule has 1 heterocycles. The molecule has 0 spiro atoms. The number of nitrogens with zero attached hydrogens (tertiary/aromatic N) is 1. The molecule has 0 aliphatic carbocycles. The summed E-state index contributed by atoms with van der Waals surface area (Å²) >= 11 is 7.13. The zero-order chi connectivity index (χ0) is 12.4. The summed E-state index contributed by atoms with van der Waals surface area (Å²) in [4.78, 5) is 3.07. The Hall–Kier alpha value is -0.810. The van der Waals surface area contributed by atoms with Crippen molar-refractivity contribution in [3.63, 3.8) is 0 Å². The predicted octanol–water partition coefficient (Wildman–Crippen LogP) is 4.15. The van der Waals surface area contributed by atoms with Crippen molar-refractivity contribution in [2.24, 2.45) is 0 Å². The quantitative estimate of drug-likeness (QED) is 0.842. The van der Waals surface area contributed by atoms with E-state index in [0.717, 1.165) is 23.2 Å². The van der Waals surface area contributed by atoms with Crippen LogP contribution in [0.15, 0.2) is 18.2 Å². The normalized spacial score (nSPS) is 13.1. The van der Waals surface area contributed by atoms with Crippen LogP contribution in [0.5, 0.6) is 0 Å². The van der Waals surface area contributed by atoms with E-state index >= 15 is 0 Å². The molecule has 2 aromatic rings. The van der Waals surface area contributed by atoms with Crippen molar-refractivity contribution < 1.29 is 4.39 Å². The summed E-state index contributed by atoms with van der Waals surface area (Å²) in [5, 5.41) is 0. The fraction of sp³-hybridized carbons (Fsp3) is 0.417. The van der Waals surface area contributed by atoms with E-state index in [-0.39, 0.29) is 5.82 Å². The molecule has 0 radical (unpaired) electrons. The highest BCUT2D eigenvalue weighted by molar-refractivity contribution is 7.98. The maximum atomic E-state index is 13.1. The monoisotopic (exact) mass is 270 g/mol. The lowest BCUT2D eigenvalue weighted by Gasteiger charge is -2.16. The molecule has 2 rings (SSSR count). The molecule has 1 aromatic heterocycles. The molecule has 92 valence electrons. The van der Waals surface area contributed by atoms with Crippen molar-refractivity contribution in [1.82, 2.24) is 9.55 Å². The Balaban J connectivity index is 2.59. The molecule has 1 unspecified atom stereocenters. The molecular weight excluding hydrogens is 255 g/mol. The molecule has 0 fully saturated rings. The summed E-state index contributed by atoms with van der Waals surface area (Å²) in [6, 6.07) is 5.12. The Labute approximate surface area is 109 Å². The number of benzene rings is 1. The highest BCUT2D eigenvalue weighted by Gasteiger charge is 2.13. The van der Waals surface area contributed by atoms with E-state index in [4.69, 9.17) is 12.2 Å². The molecule has 17 heavy (non-hydrogen) atoms. The minimum absolute atomic E-state index is 0.237. The third kappa shape index (κ3) is 2.40. The number of nitrogens with one attached hydrogen (secondary N) is 1. The molecule has 1 aromatic carbocycles. The molecule has 2 nitrogen and oxygen atoms in total. The molecule has 0 aliphatic heterocycles. The number of fused-ring (bicyclic) bond motifs is 1. The number of H-pyrrole nitrogens is 1. The van der Waals surface area contributed by atoms with Crippen LogP contribution in [-0.4, -0.2) is 21.6 Å². The van der Waals surface area contributed by atoms with Crippen LogP contribution in [0, 0.1) is 10.6 Å². The van der Waals surface area contributed by atoms with Gasteiger partial charge in [0.15, 0.2) is 4.77 Å². The van der Waals surface area contributed by atoms with Crippen molar-refractivity contribution in [2.45, 2.75) is 19.4 Å². The number of aromatic amines is 1. The van der Waals surface area contributed by atoms with Crippen molar-refractivity contribution in [2.75, 3.05) is 12.0 Å². The highest BCUT2D eigenvalue weighted by Crippen LogP contribution is 2.24. The van der Waals surface area contributed by atoms with Gasteiger partial charge < -0.3 is 9.55 Å². The van der Waals surface area contributed by atoms with Crippen LogP contribution in [0.25, 0.3) is 11.0 Å². The van der Waals surface area contributed by atoms with Gasteiger partial charge in [0.2, 0.25) is 0 Å². The lowest BCUT2D eigenvalue weighted by Crippen LogP contribution is -2.10. The van der Waals surface area contributed by atoms with E-state index in [2.05, 4.69) is 22.7 Å². The van der Waals surface area contributed by atoms with Crippen LogP contribution >= 0.6 is 24.0 Å². The summed E-state index contributed by atoms with van der Waals surface area (Å²) in [6.07, 6.45) is 3.10. The molecule has 5 heteroatoms. The molecule has 0 saturated heterocycles. The smallest absolute Gasteiger partial charge is 0.178 e. The van der Waals surface area contributed by atoms with Crippen LogP contribution in [0.3, 0.4) is 0 Å². The zero-order valence-corrected chi connectivity index (χ0v) is 11.5. The van der Waals surface area contributed by atoms with Crippen molar-refractivity contribution in [3.8, 4) is 0 Å². The van der Waals surface area contributed by atoms with E-state index in [9.17, 15) is 4.39 Å². The van der Waals surface area contributed by atoms with Gasteiger partial charge >= 0.3 is 0 Å². The van der Waals surface area contributed by atoms with Crippen molar-refractivity contribution in [1.29, 1.82) is 0 Å². The zero-order valence-electron chi connectivity index (χ0n) is 9.87. The minimum atomic E-state index is -0.237. The molecule has 0 saturated carbocycles. The van der Waals surface area contributed by atoms with Crippen molar-refractivity contribution >= 4 is 35.0 Å². The van der Waals surface area contributed by atoms with Crippen LogP contribution in [0.4, 0.5) is 4.39 Å². The lowest BCUT2D eigenvalue weighted by atomic mass is 10.2. The summed E-state index contributed by atoms with van der Waals surface area (Å²) in [7, 11) is 0. The topological polar surface area (TPSA) is 20.7 Å². The number of thioether (sulfide) groups is 1. The third-order valence-corrected chi connectivity index (χ3v) is 3.89. The Bertz CT molecular complexity index is 573. The summed E-state index contributed by atoms with van der Waals surface area (Å²) in [5.74, 6) is 0.772. The first-order chi connectivity index (χ1) is 8.17. The standard InChI is InChI=1S/C12H15FN2S2/c1-3-9(7-17-2)15-11-5-4-8(13)6-10(11)14-12(15)16/h4-6,9H,3,7H2,1-2H3,(H,14,16). The number of rotatable bonds is 4. The van der Waals surface area contributed by atoms with Crippen LogP contribution in [-0.2, 0) is 0 Å². The maximum Gasteiger partial charge on any atom is 0.178 e. The highest BCUT2D eigenvalue weighted by atomic mass is 32.2. The van der Waals surface area contributed by atoms with Crippen LogP contribution in [0.1, 0.15) is 19.4 Å². The number of imidazole rings is 1. The fourth-order valence-corrected chi connectivity index (χ4v) is 3.16. The first-order valence-electron chi connectivity index (χ1n) is 5.56. The second-order valence-corrected chi connectivity index (χ2v) is 5.28. The van der Waals surface area contributed by atoms with E-state index in [1.54, 1.807) is 17.8 Å². The summed E-state index contributed by atoms with van der Waals surface area (Å²) in [5.41, 5.74) is 1.76. The van der Waals surface area contributed by atoms with Crippen molar-refractivity contribution in [3.05, 3.63) is 28.8 Å². The third-order valence-electron chi connectivity index (χ3n) is 2.87. The molecule has 1 N–H and O–H groups in total. The van der Waals surface area contributed by atoms with Crippen LogP contribution < -0.4 is 0 Å². The molecule has 0 aliphatic rings. The van der Waals surface area contributed by atoms with Gasteiger partial charge in [0.25, 0.3) is 0 Å². The molecule has 0 amide bonds. The average Bonchev–Trinajstić information content (AvgIpc) is 2.61. The summed E-state index contributed by atoms with van der Waals surface area (Å²) in [6.45, 7) is 2.14. The van der Waals surface area contributed by atoms with Gasteiger partial charge in [-0.15, -0.1) is 0 Å². The van der Waals surface area contributed by atoms with Crippen LogP contribution in [0.2, 0.25) is 0 Å². The SMILES string of the molecule is CCC(CSC)n1c(=S)[nH]c2cc(F)ccc21. The van der Waals surface area contributed by atoms with Gasteiger partial charge in [-0.2, -0.15) is 11.8 Å². The lowest BCUT2D eigenvalue weighted by molar-refractivity contribution is 0.547. The number of halogens is 1. The Morgan fingerprint density at radius 3 is 2.94 bits per heavy atom. The molecule has 1 atom stereocenters. The number of hydrogen-bond donors (Lipinski definition) is 1. The molecular formula is C12H15FN2S2. The van der Waals surface area contributed by atoms with Gasteiger partial charge in [0.05, 0.1) is 11.0 Å². The Morgan fingerprint density at radius 1 is 1.53 bits per heavy atom. The van der Waals surface area contributed by atoms with E-state index in [1.807, 2.05) is 0 Å². The Morgan fingerprint density at radius 2 is 2.29 bits per heavy atom. The largest absolute Gasteiger partial charge is 0.330 e. The van der Waals surface area contributed by atoms with Gasteiger partial charge in [-0.1, -0.05) is 6.92 Å². The summed E-state index contributed by atoms with van der Waals surface area (Å²) < 4.78 is 15.9. The van der Waals surface area contributed by atoms with Gasteiger partial charge in [-0.3, -0.25) is 0 Å². The van der Waals surface area contributed by atoms with E-state index in [0.29, 0.717) is 10.8 Å². The maximum absolute atomic E-state index is 13.1. The fourth-order valence-electron chi connectivity index (χ4n) is 2.03. The minimum Gasteiger partial charge on any atom is -0.330 e. The van der Waals surface area contributed by atoms with E-state index in [1.165, 1.54) is 12.1 Å². The second-order valence-electron chi connectivity index (χ2n) is 3.98. The van der Waals surface area contributed by atoms with Gasteiger partial charge in [-0.25, -0.2) is 4.39 Å². The predicted molar refractivity (Wildman–Crippen MR) is 74.8 cm³/mol. The number of aromatic nitrogens is 2.